The first kappa shape index (κ1) is 9.39. The molecule has 0 radical (unpaired) electrons. The Morgan fingerprint density at radius 2 is 2.17 bits per heavy atom. The SMILES string of the molecule is CC/C(=C/N1CCOCC1)NC. The molecule has 70 valence electrons. The highest BCUT2D eigenvalue weighted by Gasteiger charge is 2.06. The number of nitrogens with one attached hydrogen (secondary N) is 1. The molecule has 0 saturated carbocycles. The van der Waals surface area contributed by atoms with Gasteiger partial charge < -0.3 is 15.0 Å². The van der Waals surface area contributed by atoms with Crippen LogP contribution in [-0.2, 0) is 4.74 Å². The molecule has 1 fully saturated rings. The van der Waals surface area contributed by atoms with Crippen molar-refractivity contribution in [1.29, 1.82) is 0 Å². The Morgan fingerprint density at radius 3 is 2.67 bits per heavy atom. The molecule has 0 spiro atoms. The first-order valence-corrected chi connectivity index (χ1v) is 4.57. The van der Waals surface area contributed by atoms with Crippen molar-refractivity contribution in [2.45, 2.75) is 13.3 Å². The average Bonchev–Trinajstić information content (AvgIpc) is 2.16. The fourth-order valence-corrected chi connectivity index (χ4v) is 1.26. The van der Waals surface area contributed by atoms with E-state index < -0.39 is 0 Å². The zero-order valence-electron chi connectivity index (χ0n) is 7.97. The van der Waals surface area contributed by atoms with Gasteiger partial charge in [-0.15, -0.1) is 0 Å². The molecule has 1 N–H and O–H groups in total. The minimum absolute atomic E-state index is 0.858. The van der Waals surface area contributed by atoms with Crippen molar-refractivity contribution in [3.05, 3.63) is 11.9 Å². The maximum Gasteiger partial charge on any atom is 0.0642 e. The summed E-state index contributed by atoms with van der Waals surface area (Å²) >= 11 is 0. The molecule has 1 saturated heterocycles. The maximum absolute atomic E-state index is 5.26. The van der Waals surface area contributed by atoms with Gasteiger partial charge in [0.05, 0.1) is 13.2 Å². The highest BCUT2D eigenvalue weighted by molar-refractivity contribution is 4.97. The van der Waals surface area contributed by atoms with Crippen LogP contribution in [0.25, 0.3) is 0 Å². The number of rotatable bonds is 3. The van der Waals surface area contributed by atoms with Crippen LogP contribution in [0.2, 0.25) is 0 Å². The third-order valence-electron chi connectivity index (χ3n) is 2.09. The van der Waals surface area contributed by atoms with E-state index in [0.29, 0.717) is 0 Å². The number of nitrogens with zero attached hydrogens (tertiary/aromatic N) is 1. The van der Waals surface area contributed by atoms with Gasteiger partial charge >= 0.3 is 0 Å². The summed E-state index contributed by atoms with van der Waals surface area (Å²) in [7, 11) is 1.97. The maximum atomic E-state index is 5.26. The molecule has 0 aromatic carbocycles. The van der Waals surface area contributed by atoms with Crippen LogP contribution >= 0.6 is 0 Å². The van der Waals surface area contributed by atoms with Gasteiger partial charge in [0.1, 0.15) is 0 Å². The highest BCUT2D eigenvalue weighted by atomic mass is 16.5. The van der Waals surface area contributed by atoms with Gasteiger partial charge in [-0.2, -0.15) is 0 Å². The molecule has 12 heavy (non-hydrogen) atoms. The Hall–Kier alpha value is -0.700. The lowest BCUT2D eigenvalue weighted by Crippen LogP contribution is -2.33. The number of hydrogen-bond acceptors (Lipinski definition) is 3. The van der Waals surface area contributed by atoms with Crippen LogP contribution in [0.1, 0.15) is 13.3 Å². The van der Waals surface area contributed by atoms with Crippen molar-refractivity contribution in [2.75, 3.05) is 33.4 Å². The smallest absolute Gasteiger partial charge is 0.0642 e. The topological polar surface area (TPSA) is 24.5 Å². The summed E-state index contributed by atoms with van der Waals surface area (Å²) in [6.07, 6.45) is 3.26. The van der Waals surface area contributed by atoms with Gasteiger partial charge in [0.15, 0.2) is 0 Å². The molecular weight excluding hydrogens is 152 g/mol. The predicted octanol–water partition coefficient (Wildman–Crippen LogP) is 0.789. The highest BCUT2D eigenvalue weighted by Crippen LogP contribution is 2.02. The minimum atomic E-state index is 0.858. The third kappa shape index (κ3) is 2.74. The minimum Gasteiger partial charge on any atom is -0.390 e. The van der Waals surface area contributed by atoms with Crippen molar-refractivity contribution < 1.29 is 4.74 Å². The van der Waals surface area contributed by atoms with Gasteiger partial charge in [-0.3, -0.25) is 0 Å². The zero-order chi connectivity index (χ0) is 8.81. The lowest BCUT2D eigenvalue weighted by Gasteiger charge is -2.26. The molecule has 0 aliphatic carbocycles. The summed E-state index contributed by atoms with van der Waals surface area (Å²) in [5.41, 5.74) is 1.29. The lowest BCUT2D eigenvalue weighted by atomic mass is 10.3. The van der Waals surface area contributed by atoms with Crippen molar-refractivity contribution in [2.24, 2.45) is 0 Å². The summed E-state index contributed by atoms with van der Waals surface area (Å²) in [6.45, 7) is 5.91. The third-order valence-corrected chi connectivity index (χ3v) is 2.09. The van der Waals surface area contributed by atoms with Crippen LogP contribution in [0.5, 0.6) is 0 Å². The Labute approximate surface area is 74.4 Å². The molecule has 1 aliphatic rings. The van der Waals surface area contributed by atoms with Gasteiger partial charge in [0.2, 0.25) is 0 Å². The van der Waals surface area contributed by atoms with Crippen LogP contribution in [0.15, 0.2) is 11.9 Å². The van der Waals surface area contributed by atoms with Crippen LogP contribution < -0.4 is 5.32 Å². The van der Waals surface area contributed by atoms with Crippen LogP contribution in [0.3, 0.4) is 0 Å². The van der Waals surface area contributed by atoms with Crippen LogP contribution in [0, 0.1) is 0 Å². The van der Waals surface area contributed by atoms with E-state index in [0.717, 1.165) is 32.7 Å². The fraction of sp³-hybridized carbons (Fsp3) is 0.778. The Bertz CT molecular complexity index is 145. The molecule has 0 amide bonds. The van der Waals surface area contributed by atoms with Gasteiger partial charge in [-0.25, -0.2) is 0 Å². The molecule has 1 aliphatic heterocycles. The van der Waals surface area contributed by atoms with E-state index in [-0.39, 0.29) is 0 Å². The zero-order valence-corrected chi connectivity index (χ0v) is 7.97. The monoisotopic (exact) mass is 170 g/mol. The largest absolute Gasteiger partial charge is 0.390 e. The van der Waals surface area contributed by atoms with E-state index >= 15 is 0 Å². The predicted molar refractivity (Wildman–Crippen MR) is 49.8 cm³/mol. The number of hydrogen-bond donors (Lipinski definition) is 1. The number of morpholine rings is 1. The van der Waals surface area contributed by atoms with E-state index in [4.69, 9.17) is 4.74 Å². The second-order valence-electron chi connectivity index (χ2n) is 2.91. The van der Waals surface area contributed by atoms with E-state index in [1.54, 1.807) is 0 Å². The van der Waals surface area contributed by atoms with Crippen LogP contribution in [0.4, 0.5) is 0 Å². The molecule has 3 nitrogen and oxygen atoms in total. The molecule has 0 bridgehead atoms. The molecular formula is C9H18N2O. The number of ether oxygens (including phenoxy) is 1. The summed E-state index contributed by atoms with van der Waals surface area (Å²) in [5.74, 6) is 0. The van der Waals surface area contributed by atoms with Crippen molar-refractivity contribution in [3.8, 4) is 0 Å². The first-order valence-electron chi connectivity index (χ1n) is 4.57. The van der Waals surface area contributed by atoms with Crippen molar-refractivity contribution >= 4 is 0 Å². The number of allylic oxidation sites excluding steroid dienone is 1. The summed E-state index contributed by atoms with van der Waals surface area (Å²) in [6, 6.07) is 0. The molecule has 0 atom stereocenters. The van der Waals surface area contributed by atoms with Crippen molar-refractivity contribution in [1.82, 2.24) is 10.2 Å². The Balaban J connectivity index is 2.39. The van der Waals surface area contributed by atoms with E-state index in [1.165, 1.54) is 5.70 Å². The molecule has 0 unspecified atom stereocenters. The van der Waals surface area contributed by atoms with Crippen LogP contribution in [-0.4, -0.2) is 38.3 Å². The molecule has 0 aromatic rings. The van der Waals surface area contributed by atoms with E-state index in [1.807, 2.05) is 7.05 Å². The summed E-state index contributed by atoms with van der Waals surface area (Å²) in [4.78, 5) is 2.30. The van der Waals surface area contributed by atoms with Gasteiger partial charge in [0, 0.05) is 32.0 Å². The Kier molecular flexibility index (Phi) is 3.94. The van der Waals surface area contributed by atoms with Gasteiger partial charge in [-0.05, 0) is 6.42 Å². The van der Waals surface area contributed by atoms with E-state index in [2.05, 4.69) is 23.3 Å². The van der Waals surface area contributed by atoms with E-state index in [9.17, 15) is 0 Å². The summed E-state index contributed by atoms with van der Waals surface area (Å²) in [5, 5.41) is 3.18. The standard InChI is InChI=1S/C9H18N2O/c1-3-9(10-2)8-11-4-6-12-7-5-11/h8,10H,3-7H2,1-2H3/b9-8-. The second-order valence-corrected chi connectivity index (χ2v) is 2.91. The molecule has 0 aromatic heterocycles. The normalized spacial score (nSPS) is 19.5. The first-order chi connectivity index (χ1) is 5.86. The second kappa shape index (κ2) is 5.04. The molecule has 1 heterocycles. The molecule has 3 heteroatoms. The quantitative estimate of drug-likeness (QED) is 0.677. The average molecular weight is 170 g/mol. The van der Waals surface area contributed by atoms with Gasteiger partial charge in [0.25, 0.3) is 0 Å². The summed E-state index contributed by atoms with van der Waals surface area (Å²) < 4.78 is 5.26. The Morgan fingerprint density at radius 1 is 1.50 bits per heavy atom. The lowest BCUT2D eigenvalue weighted by molar-refractivity contribution is 0.0588. The van der Waals surface area contributed by atoms with Gasteiger partial charge in [-0.1, -0.05) is 6.92 Å². The molecule has 1 rings (SSSR count). The fourth-order valence-electron chi connectivity index (χ4n) is 1.26. The van der Waals surface area contributed by atoms with Crippen molar-refractivity contribution in [3.63, 3.8) is 0 Å².